The SMILES string of the molecule is CN(C(=O)OC(C)(C)C)c1cc(Nc2cccnc2OC2CC2)nc2c(C(=O)NC3CC3O[Si](C)(C)C(C)(C)C)cnn12. The highest BCUT2D eigenvalue weighted by Gasteiger charge is 2.47. The van der Waals surface area contributed by atoms with E-state index >= 15 is 0 Å². The Hall–Kier alpha value is -3.71. The third-order valence-electron chi connectivity index (χ3n) is 7.85. The van der Waals surface area contributed by atoms with E-state index in [2.05, 4.69) is 54.6 Å². The van der Waals surface area contributed by atoms with Crippen LogP contribution in [0.15, 0.2) is 30.6 Å². The van der Waals surface area contributed by atoms with Crippen LogP contribution in [0.2, 0.25) is 18.1 Å². The van der Waals surface area contributed by atoms with Gasteiger partial charge >= 0.3 is 6.09 Å². The first-order valence-corrected chi connectivity index (χ1v) is 17.7. The van der Waals surface area contributed by atoms with Crippen molar-refractivity contribution >= 4 is 43.3 Å². The van der Waals surface area contributed by atoms with Crippen molar-refractivity contribution in [2.45, 2.75) is 103 Å². The molecule has 0 spiro atoms. The number of hydrogen-bond donors (Lipinski definition) is 2. The fraction of sp³-hybridized carbons (Fsp3) is 0.567. The molecule has 3 heterocycles. The van der Waals surface area contributed by atoms with Crippen molar-refractivity contribution in [3.05, 3.63) is 36.2 Å². The molecule has 2 atom stereocenters. The number of carbonyl (C=O) groups is 2. The summed E-state index contributed by atoms with van der Waals surface area (Å²) in [4.78, 5) is 37.1. The molecular formula is C30H43N7O5Si. The second-order valence-electron chi connectivity index (χ2n) is 13.9. The molecule has 2 amide bonds. The fourth-order valence-electron chi connectivity index (χ4n) is 4.15. The summed E-state index contributed by atoms with van der Waals surface area (Å²) in [5, 5.41) is 10.9. The summed E-state index contributed by atoms with van der Waals surface area (Å²) < 4.78 is 19.5. The molecule has 0 radical (unpaired) electrons. The Kier molecular flexibility index (Phi) is 7.93. The van der Waals surface area contributed by atoms with Gasteiger partial charge in [-0.25, -0.2) is 14.8 Å². The van der Waals surface area contributed by atoms with E-state index in [1.54, 1.807) is 46.1 Å². The lowest BCUT2D eigenvalue weighted by Gasteiger charge is -2.36. The van der Waals surface area contributed by atoms with Crippen LogP contribution in [-0.2, 0) is 9.16 Å². The first-order chi connectivity index (χ1) is 20.0. The number of hydrogen-bond acceptors (Lipinski definition) is 9. The Balaban J connectivity index is 1.44. The maximum absolute atomic E-state index is 13.5. The molecule has 43 heavy (non-hydrogen) atoms. The zero-order valence-electron chi connectivity index (χ0n) is 26.5. The minimum Gasteiger partial charge on any atom is -0.473 e. The van der Waals surface area contributed by atoms with E-state index in [1.165, 1.54) is 15.6 Å². The lowest BCUT2D eigenvalue weighted by molar-refractivity contribution is 0.0587. The van der Waals surface area contributed by atoms with Crippen molar-refractivity contribution in [3.63, 3.8) is 0 Å². The standard InChI is InChI=1S/C30H43N7O5Si/c1-29(2,3)41-28(39)36(7)24-16-23(33-20-11-10-14-31-27(20)40-18-12-13-18)35-25-19(17-32-37(24)25)26(38)34-21-15-22(21)42-43(8,9)30(4,5)6/h10-11,14,16-18,21-22H,12-13,15H2,1-9H3,(H,33,35)(H,34,38). The van der Waals surface area contributed by atoms with Crippen molar-refractivity contribution in [2.75, 3.05) is 17.3 Å². The van der Waals surface area contributed by atoms with Gasteiger partial charge in [-0.15, -0.1) is 0 Å². The van der Waals surface area contributed by atoms with Gasteiger partial charge in [-0.2, -0.15) is 9.61 Å². The van der Waals surface area contributed by atoms with Crippen LogP contribution >= 0.6 is 0 Å². The van der Waals surface area contributed by atoms with Crippen LogP contribution in [0.5, 0.6) is 5.88 Å². The predicted octanol–water partition coefficient (Wildman–Crippen LogP) is 5.67. The summed E-state index contributed by atoms with van der Waals surface area (Å²) in [6.45, 7) is 16.4. The Morgan fingerprint density at radius 1 is 1.14 bits per heavy atom. The van der Waals surface area contributed by atoms with Crippen molar-refractivity contribution in [2.24, 2.45) is 0 Å². The summed E-state index contributed by atoms with van der Waals surface area (Å²) in [6.07, 6.45) is 5.43. The lowest BCUT2D eigenvalue weighted by Crippen LogP contribution is -2.42. The minimum atomic E-state index is -1.97. The third kappa shape index (κ3) is 7.10. The van der Waals surface area contributed by atoms with Gasteiger partial charge in [0.2, 0.25) is 5.88 Å². The minimum absolute atomic E-state index is 0.0128. The molecule has 0 bridgehead atoms. The van der Waals surface area contributed by atoms with Crippen LogP contribution in [0.25, 0.3) is 5.65 Å². The molecule has 0 aliphatic heterocycles. The van der Waals surface area contributed by atoms with Crippen LogP contribution in [0.4, 0.5) is 22.1 Å². The number of nitrogens with one attached hydrogen (secondary N) is 2. The molecule has 0 saturated heterocycles. The van der Waals surface area contributed by atoms with E-state index < -0.39 is 20.0 Å². The van der Waals surface area contributed by atoms with E-state index in [4.69, 9.17) is 18.9 Å². The highest BCUT2D eigenvalue weighted by atomic mass is 28.4. The van der Waals surface area contributed by atoms with Crippen molar-refractivity contribution in [3.8, 4) is 5.88 Å². The topological polar surface area (TPSA) is 132 Å². The molecule has 2 aliphatic carbocycles. The highest BCUT2D eigenvalue weighted by Crippen LogP contribution is 2.41. The molecule has 3 aromatic rings. The molecule has 2 saturated carbocycles. The second-order valence-corrected chi connectivity index (χ2v) is 18.6. The predicted molar refractivity (Wildman–Crippen MR) is 167 cm³/mol. The van der Waals surface area contributed by atoms with Gasteiger partial charge in [0.25, 0.3) is 5.91 Å². The zero-order valence-corrected chi connectivity index (χ0v) is 27.5. The smallest absolute Gasteiger partial charge is 0.415 e. The summed E-state index contributed by atoms with van der Waals surface area (Å²) in [5.41, 5.74) is 0.475. The number of aromatic nitrogens is 4. The van der Waals surface area contributed by atoms with Gasteiger partial charge in [0.05, 0.1) is 18.3 Å². The lowest BCUT2D eigenvalue weighted by atomic mass is 10.2. The van der Waals surface area contributed by atoms with Gasteiger partial charge in [0.15, 0.2) is 14.0 Å². The van der Waals surface area contributed by atoms with E-state index in [9.17, 15) is 9.59 Å². The molecule has 12 nitrogen and oxygen atoms in total. The Labute approximate surface area is 253 Å². The summed E-state index contributed by atoms with van der Waals surface area (Å²) in [7, 11) is -0.375. The molecular weight excluding hydrogens is 566 g/mol. The van der Waals surface area contributed by atoms with Gasteiger partial charge < -0.3 is 24.5 Å². The van der Waals surface area contributed by atoms with Gasteiger partial charge in [0.1, 0.15) is 34.6 Å². The number of carbonyl (C=O) groups excluding carboxylic acids is 2. The zero-order chi connectivity index (χ0) is 31.3. The molecule has 2 unspecified atom stereocenters. The number of pyridine rings is 1. The fourth-order valence-corrected chi connectivity index (χ4v) is 5.52. The second kappa shape index (κ2) is 11.1. The largest absolute Gasteiger partial charge is 0.473 e. The van der Waals surface area contributed by atoms with Crippen LogP contribution in [-0.4, -0.2) is 70.8 Å². The molecule has 0 aromatic carbocycles. The number of fused-ring (bicyclic) bond motifs is 1. The maximum atomic E-state index is 13.5. The summed E-state index contributed by atoms with van der Waals surface area (Å²) >= 11 is 0. The number of rotatable bonds is 9. The van der Waals surface area contributed by atoms with E-state index in [0.29, 0.717) is 23.2 Å². The van der Waals surface area contributed by atoms with Gasteiger partial charge in [-0.05, 0) is 70.3 Å². The molecule has 5 rings (SSSR count). The normalized spacial score (nSPS) is 18.7. The quantitative estimate of drug-likeness (QED) is 0.294. The van der Waals surface area contributed by atoms with Crippen LogP contribution in [0, 0.1) is 0 Å². The average Bonchev–Trinajstić information content (AvgIpc) is 3.80. The Morgan fingerprint density at radius 2 is 1.86 bits per heavy atom. The number of ether oxygens (including phenoxy) is 2. The Morgan fingerprint density at radius 3 is 2.51 bits per heavy atom. The van der Waals surface area contributed by atoms with E-state index in [-0.39, 0.29) is 40.4 Å². The number of nitrogens with zero attached hydrogens (tertiary/aromatic N) is 5. The molecule has 3 aromatic heterocycles. The van der Waals surface area contributed by atoms with Gasteiger partial charge in [-0.3, -0.25) is 9.69 Å². The first-order valence-electron chi connectivity index (χ1n) is 14.8. The van der Waals surface area contributed by atoms with Crippen LogP contribution < -0.4 is 20.3 Å². The maximum Gasteiger partial charge on any atom is 0.415 e. The van der Waals surface area contributed by atoms with Crippen LogP contribution in [0.3, 0.4) is 0 Å². The highest BCUT2D eigenvalue weighted by molar-refractivity contribution is 6.74. The molecule has 13 heteroatoms. The Bertz CT molecular complexity index is 1520. The van der Waals surface area contributed by atoms with Gasteiger partial charge in [0, 0.05) is 19.3 Å². The number of amides is 2. The van der Waals surface area contributed by atoms with Crippen LogP contribution in [0.1, 0.15) is 71.2 Å². The third-order valence-corrected chi connectivity index (χ3v) is 12.4. The van der Waals surface area contributed by atoms with Crippen molar-refractivity contribution in [1.82, 2.24) is 24.9 Å². The summed E-state index contributed by atoms with van der Waals surface area (Å²) in [5.74, 6) is 0.893. The number of anilines is 3. The molecule has 2 N–H and O–H groups in total. The molecule has 2 fully saturated rings. The molecule has 2 aliphatic rings. The first kappa shape index (κ1) is 30.7. The molecule has 232 valence electrons. The monoisotopic (exact) mass is 609 g/mol. The van der Waals surface area contributed by atoms with Crippen molar-refractivity contribution in [1.29, 1.82) is 0 Å². The summed E-state index contributed by atoms with van der Waals surface area (Å²) in [6, 6.07) is 5.22. The average molecular weight is 610 g/mol. The van der Waals surface area contributed by atoms with Gasteiger partial charge in [-0.1, -0.05) is 20.8 Å². The van der Waals surface area contributed by atoms with E-state index in [0.717, 1.165) is 19.3 Å². The van der Waals surface area contributed by atoms with Crippen molar-refractivity contribution < 1.29 is 23.5 Å². The van der Waals surface area contributed by atoms with E-state index in [1.807, 2.05) is 6.07 Å².